The minimum atomic E-state index is -3.69. The van der Waals surface area contributed by atoms with Gasteiger partial charge in [0.25, 0.3) is 15.9 Å². The van der Waals surface area contributed by atoms with Crippen LogP contribution in [0.2, 0.25) is 0 Å². The number of rotatable bonds is 4. The number of hydrogen-bond acceptors (Lipinski definition) is 3. The van der Waals surface area contributed by atoms with E-state index in [0.29, 0.717) is 11.3 Å². The molecule has 1 aliphatic heterocycles. The van der Waals surface area contributed by atoms with Crippen LogP contribution in [0.3, 0.4) is 0 Å². The Morgan fingerprint density at radius 3 is 2.28 bits per heavy atom. The van der Waals surface area contributed by atoms with Crippen molar-refractivity contribution < 1.29 is 13.2 Å². The molecule has 25 heavy (non-hydrogen) atoms. The predicted octanol–water partition coefficient (Wildman–Crippen LogP) is 3.34. The summed E-state index contributed by atoms with van der Waals surface area (Å²) >= 11 is 0. The first kappa shape index (κ1) is 17.5. The van der Waals surface area contributed by atoms with E-state index in [0.717, 1.165) is 37.1 Å². The van der Waals surface area contributed by atoms with Gasteiger partial charge in [-0.25, -0.2) is 8.42 Å². The lowest BCUT2D eigenvalue weighted by atomic mass is 10.1. The Kier molecular flexibility index (Phi) is 4.81. The molecule has 0 unspecified atom stereocenters. The highest BCUT2D eigenvalue weighted by molar-refractivity contribution is 7.92. The number of aryl methyl sites for hydroxylation is 2. The molecule has 1 fully saturated rings. The molecule has 2 aromatic rings. The summed E-state index contributed by atoms with van der Waals surface area (Å²) in [7, 11) is -3.69. The number of nitrogens with zero attached hydrogens (tertiary/aromatic N) is 1. The number of carbonyl (C=O) groups excluding carboxylic acids is 1. The van der Waals surface area contributed by atoms with E-state index in [2.05, 4.69) is 4.72 Å². The van der Waals surface area contributed by atoms with Crippen molar-refractivity contribution in [2.45, 2.75) is 31.6 Å². The van der Waals surface area contributed by atoms with Crippen LogP contribution >= 0.6 is 0 Å². The van der Waals surface area contributed by atoms with Gasteiger partial charge in [-0.2, -0.15) is 0 Å². The number of likely N-dealkylation sites (tertiary alicyclic amines) is 1. The van der Waals surface area contributed by atoms with Crippen molar-refractivity contribution in [3.05, 3.63) is 59.2 Å². The Hall–Kier alpha value is -2.34. The predicted molar refractivity (Wildman–Crippen MR) is 98.3 cm³/mol. The molecule has 0 spiro atoms. The van der Waals surface area contributed by atoms with Gasteiger partial charge in [0.15, 0.2) is 0 Å². The van der Waals surface area contributed by atoms with Gasteiger partial charge >= 0.3 is 0 Å². The smallest absolute Gasteiger partial charge is 0.261 e. The van der Waals surface area contributed by atoms with Crippen molar-refractivity contribution in [2.24, 2.45) is 0 Å². The summed E-state index contributed by atoms with van der Waals surface area (Å²) in [6.45, 7) is 5.24. The molecule has 1 amide bonds. The second-order valence-electron chi connectivity index (χ2n) is 6.45. The normalized spacial score (nSPS) is 14.6. The third-order valence-electron chi connectivity index (χ3n) is 4.45. The Morgan fingerprint density at radius 2 is 1.64 bits per heavy atom. The molecular formula is C19H22N2O3S. The largest absolute Gasteiger partial charge is 0.339 e. The molecule has 0 radical (unpaired) electrons. The first-order valence-electron chi connectivity index (χ1n) is 8.36. The summed E-state index contributed by atoms with van der Waals surface area (Å²) in [6, 6.07) is 11.8. The summed E-state index contributed by atoms with van der Waals surface area (Å²) in [4.78, 5) is 14.5. The Morgan fingerprint density at radius 1 is 1.00 bits per heavy atom. The van der Waals surface area contributed by atoms with Gasteiger partial charge in [-0.3, -0.25) is 9.52 Å². The van der Waals surface area contributed by atoms with Crippen molar-refractivity contribution in [3.8, 4) is 0 Å². The fourth-order valence-corrected chi connectivity index (χ4v) is 4.01. The highest BCUT2D eigenvalue weighted by atomic mass is 32.2. The summed E-state index contributed by atoms with van der Waals surface area (Å²) in [5.74, 6) is -0.0479. The SMILES string of the molecule is Cc1ccc(S(=O)(=O)Nc2cc(C(=O)N3CCCC3)ccc2C)cc1. The van der Waals surface area contributed by atoms with Gasteiger partial charge in [-0.1, -0.05) is 23.8 Å². The maximum absolute atomic E-state index is 12.6. The van der Waals surface area contributed by atoms with Gasteiger partial charge in [-0.15, -0.1) is 0 Å². The number of benzene rings is 2. The van der Waals surface area contributed by atoms with Gasteiger partial charge in [0.2, 0.25) is 0 Å². The molecule has 0 aliphatic carbocycles. The molecule has 132 valence electrons. The van der Waals surface area contributed by atoms with Crippen LogP contribution in [0.25, 0.3) is 0 Å². The Balaban J connectivity index is 1.87. The first-order chi connectivity index (χ1) is 11.9. The lowest BCUT2D eigenvalue weighted by Crippen LogP contribution is -2.27. The summed E-state index contributed by atoms with van der Waals surface area (Å²) in [6.07, 6.45) is 2.04. The fraction of sp³-hybridized carbons (Fsp3) is 0.316. The molecule has 1 saturated heterocycles. The molecule has 1 aliphatic rings. The van der Waals surface area contributed by atoms with Crippen LogP contribution in [0.5, 0.6) is 0 Å². The van der Waals surface area contributed by atoms with E-state index in [4.69, 9.17) is 0 Å². The van der Waals surface area contributed by atoms with E-state index in [-0.39, 0.29) is 10.8 Å². The second kappa shape index (κ2) is 6.88. The van der Waals surface area contributed by atoms with E-state index in [1.807, 2.05) is 18.7 Å². The summed E-state index contributed by atoms with van der Waals surface area (Å²) in [5.41, 5.74) is 2.71. The lowest BCUT2D eigenvalue weighted by molar-refractivity contribution is 0.0793. The van der Waals surface area contributed by atoms with Crippen LogP contribution in [-0.2, 0) is 10.0 Å². The zero-order valence-corrected chi connectivity index (χ0v) is 15.3. The van der Waals surface area contributed by atoms with Crippen LogP contribution < -0.4 is 4.72 Å². The van der Waals surface area contributed by atoms with Crippen molar-refractivity contribution in [3.63, 3.8) is 0 Å². The number of anilines is 1. The van der Waals surface area contributed by atoms with E-state index >= 15 is 0 Å². The number of hydrogen-bond donors (Lipinski definition) is 1. The van der Waals surface area contributed by atoms with Crippen molar-refractivity contribution in [1.82, 2.24) is 4.90 Å². The maximum atomic E-state index is 12.6. The molecule has 0 saturated carbocycles. The molecule has 2 aromatic carbocycles. The number of amides is 1. The first-order valence-corrected chi connectivity index (χ1v) is 9.84. The highest BCUT2D eigenvalue weighted by Gasteiger charge is 2.21. The zero-order valence-electron chi connectivity index (χ0n) is 14.5. The third kappa shape index (κ3) is 3.85. The number of nitrogens with one attached hydrogen (secondary N) is 1. The number of carbonyl (C=O) groups is 1. The monoisotopic (exact) mass is 358 g/mol. The van der Waals surface area contributed by atoms with Crippen LogP contribution in [0.4, 0.5) is 5.69 Å². The van der Waals surface area contributed by atoms with Gasteiger partial charge < -0.3 is 4.90 Å². The van der Waals surface area contributed by atoms with Crippen LogP contribution in [0.15, 0.2) is 47.4 Å². The third-order valence-corrected chi connectivity index (χ3v) is 5.83. The second-order valence-corrected chi connectivity index (χ2v) is 8.13. The maximum Gasteiger partial charge on any atom is 0.261 e. The molecule has 3 rings (SSSR count). The quantitative estimate of drug-likeness (QED) is 0.911. The molecule has 1 N–H and O–H groups in total. The van der Waals surface area contributed by atoms with Crippen molar-refractivity contribution in [1.29, 1.82) is 0 Å². The topological polar surface area (TPSA) is 66.5 Å². The van der Waals surface area contributed by atoms with Crippen LogP contribution in [-0.4, -0.2) is 32.3 Å². The summed E-state index contributed by atoms with van der Waals surface area (Å²) < 4.78 is 27.8. The average molecular weight is 358 g/mol. The van der Waals surface area contributed by atoms with Gasteiger partial charge in [0.05, 0.1) is 10.6 Å². The van der Waals surface area contributed by atoms with Crippen LogP contribution in [0.1, 0.15) is 34.3 Å². The van der Waals surface area contributed by atoms with E-state index in [9.17, 15) is 13.2 Å². The minimum absolute atomic E-state index is 0.0479. The Bertz CT molecular complexity index is 883. The van der Waals surface area contributed by atoms with Gasteiger partial charge in [0, 0.05) is 18.7 Å². The zero-order chi connectivity index (χ0) is 18.0. The molecular weight excluding hydrogens is 336 g/mol. The van der Waals surface area contributed by atoms with E-state index in [1.165, 1.54) is 0 Å². The molecule has 0 atom stereocenters. The fourth-order valence-electron chi connectivity index (χ4n) is 2.89. The average Bonchev–Trinajstić information content (AvgIpc) is 3.11. The molecule has 0 aromatic heterocycles. The molecule has 5 nitrogen and oxygen atoms in total. The lowest BCUT2D eigenvalue weighted by Gasteiger charge is -2.17. The summed E-state index contributed by atoms with van der Waals surface area (Å²) in [5, 5.41) is 0. The van der Waals surface area contributed by atoms with E-state index in [1.54, 1.807) is 42.5 Å². The molecule has 6 heteroatoms. The van der Waals surface area contributed by atoms with Crippen molar-refractivity contribution in [2.75, 3.05) is 17.8 Å². The molecule has 1 heterocycles. The van der Waals surface area contributed by atoms with Crippen LogP contribution in [0, 0.1) is 13.8 Å². The molecule has 0 bridgehead atoms. The van der Waals surface area contributed by atoms with Gasteiger partial charge in [-0.05, 0) is 56.5 Å². The van der Waals surface area contributed by atoms with Crippen molar-refractivity contribution >= 4 is 21.6 Å². The van der Waals surface area contributed by atoms with Gasteiger partial charge in [0.1, 0.15) is 0 Å². The standard InChI is InChI=1S/C19H22N2O3S/c1-14-5-9-17(10-6-14)25(23,24)20-18-13-16(8-7-15(18)2)19(22)21-11-3-4-12-21/h5-10,13,20H,3-4,11-12H2,1-2H3. The highest BCUT2D eigenvalue weighted by Crippen LogP contribution is 2.23. The van der Waals surface area contributed by atoms with E-state index < -0.39 is 10.0 Å². The Labute approximate surface area is 148 Å². The minimum Gasteiger partial charge on any atom is -0.339 e. The number of sulfonamides is 1.